The number of alkyl halides is 1. The van der Waals surface area contributed by atoms with E-state index in [0.717, 1.165) is 0 Å². The van der Waals surface area contributed by atoms with Crippen LogP contribution in [0.25, 0.3) is 0 Å². The van der Waals surface area contributed by atoms with Gasteiger partial charge in [0.15, 0.2) is 11.9 Å². The SMILES string of the molecule is CC(C)[C@H](OC(=O)Nc1ccccc1)C(=O)N[C@@H](CC(=O)O)C(=O)CF. The van der Waals surface area contributed by atoms with Crippen LogP contribution in [0.3, 0.4) is 0 Å². The molecule has 0 aromatic heterocycles. The third kappa shape index (κ3) is 6.88. The molecule has 1 aromatic carbocycles. The number of Topliss-reactive ketones (excluding diaryl/α,β-unsaturated/α-hetero) is 1. The van der Waals surface area contributed by atoms with Gasteiger partial charge in [-0.3, -0.25) is 19.7 Å². The van der Waals surface area contributed by atoms with E-state index in [0.29, 0.717) is 5.69 Å². The Kier molecular flexibility index (Phi) is 8.20. The second-order valence-corrected chi connectivity index (χ2v) is 5.82. The van der Waals surface area contributed by atoms with Gasteiger partial charge >= 0.3 is 12.1 Å². The van der Waals surface area contributed by atoms with Gasteiger partial charge in [0.25, 0.3) is 5.91 Å². The predicted molar refractivity (Wildman–Crippen MR) is 90.3 cm³/mol. The number of amides is 2. The highest BCUT2D eigenvalue weighted by Gasteiger charge is 2.31. The number of nitrogens with one attached hydrogen (secondary N) is 2. The third-order valence-corrected chi connectivity index (χ3v) is 3.33. The molecule has 0 aliphatic heterocycles. The average Bonchev–Trinajstić information content (AvgIpc) is 2.58. The van der Waals surface area contributed by atoms with Gasteiger partial charge in [-0.15, -0.1) is 0 Å². The molecule has 8 nitrogen and oxygen atoms in total. The Morgan fingerprint density at radius 2 is 1.77 bits per heavy atom. The lowest BCUT2D eigenvalue weighted by Gasteiger charge is -2.23. The minimum absolute atomic E-state index is 0.455. The molecule has 0 spiro atoms. The lowest BCUT2D eigenvalue weighted by Crippen LogP contribution is -2.49. The highest BCUT2D eigenvalue weighted by Crippen LogP contribution is 2.11. The standard InChI is InChI=1S/C17H21FN2O6/c1-10(2)15(26-17(25)19-11-6-4-3-5-7-11)16(24)20-12(8-14(22)23)13(21)9-18/h3-7,10,12,15H,8-9H2,1-2H3,(H,19,25)(H,20,24)(H,22,23)/t12-,15-/m0/s1. The Hall–Kier alpha value is -2.97. The molecule has 3 N–H and O–H groups in total. The number of ether oxygens (including phenoxy) is 1. The second kappa shape index (κ2) is 10.1. The molecule has 0 heterocycles. The van der Waals surface area contributed by atoms with Crippen LogP contribution in [0.5, 0.6) is 0 Å². The van der Waals surface area contributed by atoms with Gasteiger partial charge in [0, 0.05) is 5.69 Å². The maximum Gasteiger partial charge on any atom is 0.412 e. The largest absolute Gasteiger partial charge is 0.481 e. The van der Waals surface area contributed by atoms with Crippen molar-refractivity contribution in [3.8, 4) is 0 Å². The summed E-state index contributed by atoms with van der Waals surface area (Å²) in [7, 11) is 0. The first kappa shape index (κ1) is 21.1. The van der Waals surface area contributed by atoms with Crippen LogP contribution >= 0.6 is 0 Å². The number of carboxylic acid groups (broad SMARTS) is 1. The van der Waals surface area contributed by atoms with Gasteiger partial charge in [-0.05, 0) is 18.1 Å². The van der Waals surface area contributed by atoms with E-state index in [9.17, 15) is 23.6 Å². The second-order valence-electron chi connectivity index (χ2n) is 5.82. The van der Waals surface area contributed by atoms with Crippen LogP contribution in [0, 0.1) is 5.92 Å². The van der Waals surface area contributed by atoms with Crippen molar-refractivity contribution in [2.24, 2.45) is 5.92 Å². The lowest BCUT2D eigenvalue weighted by molar-refractivity contribution is -0.141. The predicted octanol–water partition coefficient (Wildman–Crippen LogP) is 1.76. The summed E-state index contributed by atoms with van der Waals surface area (Å²) in [5.74, 6) is -3.79. The monoisotopic (exact) mass is 368 g/mol. The number of hydrogen-bond donors (Lipinski definition) is 3. The quantitative estimate of drug-likeness (QED) is 0.610. The van der Waals surface area contributed by atoms with E-state index in [2.05, 4.69) is 10.6 Å². The Balaban J connectivity index is 2.77. The van der Waals surface area contributed by atoms with Gasteiger partial charge in [0.1, 0.15) is 12.7 Å². The normalized spacial score (nSPS) is 12.8. The number of hydrogen-bond acceptors (Lipinski definition) is 5. The maximum atomic E-state index is 12.6. The Bertz CT molecular complexity index is 650. The van der Waals surface area contributed by atoms with Crippen LogP contribution in [0.4, 0.5) is 14.9 Å². The van der Waals surface area contributed by atoms with Crippen molar-refractivity contribution < 1.29 is 33.4 Å². The molecule has 1 aromatic rings. The minimum Gasteiger partial charge on any atom is -0.481 e. The van der Waals surface area contributed by atoms with Gasteiger partial charge in [-0.25, -0.2) is 9.18 Å². The molecule has 26 heavy (non-hydrogen) atoms. The molecule has 2 amide bonds. The summed E-state index contributed by atoms with van der Waals surface area (Å²) >= 11 is 0. The number of rotatable bonds is 9. The lowest BCUT2D eigenvalue weighted by atomic mass is 10.0. The highest BCUT2D eigenvalue weighted by atomic mass is 19.1. The molecule has 0 saturated carbocycles. The number of carbonyl (C=O) groups is 4. The third-order valence-electron chi connectivity index (χ3n) is 3.33. The first-order valence-electron chi connectivity index (χ1n) is 7.88. The van der Waals surface area contributed by atoms with E-state index in [1.165, 1.54) is 0 Å². The van der Waals surface area contributed by atoms with Gasteiger partial charge < -0.3 is 15.2 Å². The topological polar surface area (TPSA) is 122 Å². The van der Waals surface area contributed by atoms with Gasteiger partial charge in [-0.2, -0.15) is 0 Å². The summed E-state index contributed by atoms with van der Waals surface area (Å²) in [4.78, 5) is 46.5. The van der Waals surface area contributed by atoms with Crippen molar-refractivity contribution in [3.05, 3.63) is 30.3 Å². The first-order valence-corrected chi connectivity index (χ1v) is 7.88. The summed E-state index contributed by atoms with van der Waals surface area (Å²) < 4.78 is 17.6. The van der Waals surface area contributed by atoms with Crippen LogP contribution in [-0.4, -0.2) is 47.7 Å². The van der Waals surface area contributed by atoms with Gasteiger partial charge in [-0.1, -0.05) is 32.0 Å². The molecular weight excluding hydrogens is 347 g/mol. The molecule has 142 valence electrons. The average molecular weight is 368 g/mol. The number of halogens is 1. The van der Waals surface area contributed by atoms with E-state index in [1.54, 1.807) is 44.2 Å². The zero-order chi connectivity index (χ0) is 19.7. The number of anilines is 1. The molecule has 0 aliphatic rings. The number of benzene rings is 1. The smallest absolute Gasteiger partial charge is 0.412 e. The summed E-state index contributed by atoms with van der Waals surface area (Å²) in [5.41, 5.74) is 0.455. The molecular formula is C17H21FN2O6. The summed E-state index contributed by atoms with van der Waals surface area (Å²) in [6.07, 6.45) is -2.95. The van der Waals surface area contributed by atoms with Crippen molar-refractivity contribution >= 4 is 29.4 Å². The number of aliphatic carboxylic acids is 1. The van der Waals surface area contributed by atoms with Crippen LogP contribution < -0.4 is 10.6 Å². The van der Waals surface area contributed by atoms with Crippen molar-refractivity contribution in [2.45, 2.75) is 32.4 Å². The zero-order valence-electron chi connectivity index (χ0n) is 14.4. The summed E-state index contributed by atoms with van der Waals surface area (Å²) in [6.45, 7) is 1.78. The van der Waals surface area contributed by atoms with Gasteiger partial charge in [0.05, 0.1) is 6.42 Å². The summed E-state index contributed by atoms with van der Waals surface area (Å²) in [6, 6.07) is 6.85. The molecule has 0 bridgehead atoms. The molecule has 0 fully saturated rings. The number of para-hydroxylation sites is 1. The van der Waals surface area contributed by atoms with Crippen LogP contribution in [-0.2, 0) is 19.1 Å². The Morgan fingerprint density at radius 1 is 1.15 bits per heavy atom. The highest BCUT2D eigenvalue weighted by molar-refractivity contribution is 5.94. The van der Waals surface area contributed by atoms with E-state index < -0.39 is 54.9 Å². The van der Waals surface area contributed by atoms with Crippen LogP contribution in [0.15, 0.2) is 30.3 Å². The molecule has 9 heteroatoms. The number of ketones is 1. The molecule has 1 rings (SSSR count). The first-order chi connectivity index (χ1) is 12.2. The van der Waals surface area contributed by atoms with Crippen LogP contribution in [0.1, 0.15) is 20.3 Å². The van der Waals surface area contributed by atoms with Crippen molar-refractivity contribution in [1.29, 1.82) is 0 Å². The minimum atomic E-state index is -1.54. The fraction of sp³-hybridized carbons (Fsp3) is 0.412. The molecule has 2 atom stereocenters. The Labute approximate surface area is 149 Å². The summed E-state index contributed by atoms with van der Waals surface area (Å²) in [5, 5.41) is 13.4. The number of carbonyl (C=O) groups excluding carboxylic acids is 3. The van der Waals surface area contributed by atoms with Crippen molar-refractivity contribution in [1.82, 2.24) is 5.32 Å². The van der Waals surface area contributed by atoms with E-state index in [4.69, 9.17) is 9.84 Å². The van der Waals surface area contributed by atoms with Crippen molar-refractivity contribution in [2.75, 3.05) is 12.0 Å². The van der Waals surface area contributed by atoms with Crippen LogP contribution in [0.2, 0.25) is 0 Å². The van der Waals surface area contributed by atoms with E-state index in [1.807, 2.05) is 0 Å². The fourth-order valence-electron chi connectivity index (χ4n) is 2.04. The van der Waals surface area contributed by atoms with Gasteiger partial charge in [0.2, 0.25) is 0 Å². The molecule has 0 radical (unpaired) electrons. The number of carboxylic acids is 1. The zero-order valence-corrected chi connectivity index (χ0v) is 14.4. The molecule has 0 unspecified atom stereocenters. The van der Waals surface area contributed by atoms with E-state index >= 15 is 0 Å². The molecule has 0 saturated heterocycles. The van der Waals surface area contributed by atoms with E-state index in [-0.39, 0.29) is 0 Å². The fourth-order valence-corrected chi connectivity index (χ4v) is 2.04. The Morgan fingerprint density at radius 3 is 2.27 bits per heavy atom. The maximum absolute atomic E-state index is 12.6. The van der Waals surface area contributed by atoms with Crippen molar-refractivity contribution in [3.63, 3.8) is 0 Å². The molecule has 0 aliphatic carbocycles.